The number of nitrogens with two attached hydrogens (primary N) is 1. The van der Waals surface area contributed by atoms with Crippen molar-refractivity contribution in [1.29, 1.82) is 0 Å². The molecule has 2 atom stereocenters. The summed E-state index contributed by atoms with van der Waals surface area (Å²) in [6.45, 7) is 4.40. The van der Waals surface area contributed by atoms with Gasteiger partial charge < -0.3 is 10.3 Å². The molecule has 0 aliphatic heterocycles. The van der Waals surface area contributed by atoms with Gasteiger partial charge in [0.05, 0.1) is 10.6 Å². The topological polar surface area (TPSA) is 64.9 Å². The standard InChI is InChI=1S/C14H19N3OS/c1-3-10-7-11(12(15)19-10)14-16-13(17-18-14)9-5-4-8(2)6-9/h7-9H,3-6,15H2,1-2H3. The molecular weight excluding hydrogens is 258 g/mol. The van der Waals surface area contributed by atoms with Gasteiger partial charge in [0.15, 0.2) is 5.82 Å². The van der Waals surface area contributed by atoms with Crippen LogP contribution < -0.4 is 5.73 Å². The molecule has 102 valence electrons. The minimum atomic E-state index is 0.456. The van der Waals surface area contributed by atoms with Crippen LogP contribution in [-0.2, 0) is 6.42 Å². The lowest BCUT2D eigenvalue weighted by Gasteiger charge is -2.01. The van der Waals surface area contributed by atoms with Gasteiger partial charge in [-0.25, -0.2) is 0 Å². The van der Waals surface area contributed by atoms with Gasteiger partial charge in [0.2, 0.25) is 0 Å². The lowest BCUT2D eigenvalue weighted by Crippen LogP contribution is -1.96. The lowest BCUT2D eigenvalue weighted by molar-refractivity contribution is 0.415. The van der Waals surface area contributed by atoms with Crippen LogP contribution in [0.5, 0.6) is 0 Å². The molecule has 0 amide bonds. The van der Waals surface area contributed by atoms with E-state index in [9.17, 15) is 0 Å². The summed E-state index contributed by atoms with van der Waals surface area (Å²) in [7, 11) is 0. The summed E-state index contributed by atoms with van der Waals surface area (Å²) < 4.78 is 5.40. The summed E-state index contributed by atoms with van der Waals surface area (Å²) in [5.74, 6) is 2.65. The van der Waals surface area contributed by atoms with Crippen molar-refractivity contribution >= 4 is 16.3 Å². The fraction of sp³-hybridized carbons (Fsp3) is 0.571. The van der Waals surface area contributed by atoms with Crippen molar-refractivity contribution in [1.82, 2.24) is 10.1 Å². The Labute approximate surface area is 117 Å². The third-order valence-corrected chi connectivity index (χ3v) is 5.00. The Morgan fingerprint density at radius 2 is 2.32 bits per heavy atom. The first-order valence-electron chi connectivity index (χ1n) is 6.89. The van der Waals surface area contributed by atoms with Crippen LogP contribution in [0.4, 0.5) is 5.00 Å². The number of anilines is 1. The van der Waals surface area contributed by atoms with Crippen molar-refractivity contribution < 1.29 is 4.52 Å². The highest BCUT2D eigenvalue weighted by atomic mass is 32.1. The highest BCUT2D eigenvalue weighted by Gasteiger charge is 2.27. The molecule has 0 aromatic carbocycles. The van der Waals surface area contributed by atoms with E-state index < -0.39 is 0 Å². The molecule has 1 fully saturated rings. The fourth-order valence-corrected chi connectivity index (χ4v) is 3.61. The first-order chi connectivity index (χ1) is 9.17. The van der Waals surface area contributed by atoms with Gasteiger partial charge in [-0.05, 0) is 37.7 Å². The molecule has 1 saturated carbocycles. The Bertz CT molecular complexity index is 575. The summed E-state index contributed by atoms with van der Waals surface area (Å²) in [5.41, 5.74) is 6.92. The summed E-state index contributed by atoms with van der Waals surface area (Å²) in [6, 6.07) is 2.06. The first kappa shape index (κ1) is 12.7. The van der Waals surface area contributed by atoms with E-state index in [-0.39, 0.29) is 0 Å². The van der Waals surface area contributed by atoms with Crippen LogP contribution in [-0.4, -0.2) is 10.1 Å². The van der Waals surface area contributed by atoms with Crippen molar-refractivity contribution in [2.24, 2.45) is 5.92 Å². The highest BCUT2D eigenvalue weighted by molar-refractivity contribution is 7.16. The second-order valence-electron chi connectivity index (χ2n) is 5.42. The van der Waals surface area contributed by atoms with Gasteiger partial charge >= 0.3 is 0 Å². The number of hydrogen-bond acceptors (Lipinski definition) is 5. The van der Waals surface area contributed by atoms with Crippen LogP contribution in [0.15, 0.2) is 10.6 Å². The van der Waals surface area contributed by atoms with Crippen LogP contribution >= 0.6 is 11.3 Å². The molecule has 5 heteroatoms. The molecule has 2 aromatic rings. The normalized spacial score (nSPS) is 23.1. The van der Waals surface area contributed by atoms with Gasteiger partial charge in [0, 0.05) is 10.8 Å². The molecule has 0 saturated heterocycles. The summed E-state index contributed by atoms with van der Waals surface area (Å²) >= 11 is 1.60. The number of thiophene rings is 1. The van der Waals surface area contributed by atoms with Crippen molar-refractivity contribution in [2.75, 3.05) is 5.73 Å². The maximum Gasteiger partial charge on any atom is 0.260 e. The molecule has 4 nitrogen and oxygen atoms in total. The summed E-state index contributed by atoms with van der Waals surface area (Å²) in [4.78, 5) is 5.81. The van der Waals surface area contributed by atoms with E-state index >= 15 is 0 Å². The smallest absolute Gasteiger partial charge is 0.260 e. The van der Waals surface area contributed by atoms with E-state index in [0.29, 0.717) is 11.8 Å². The molecule has 2 aromatic heterocycles. The Balaban J connectivity index is 1.86. The van der Waals surface area contributed by atoms with E-state index in [4.69, 9.17) is 10.3 Å². The maximum absolute atomic E-state index is 6.02. The molecule has 2 N–H and O–H groups in total. The molecule has 19 heavy (non-hydrogen) atoms. The van der Waals surface area contributed by atoms with E-state index in [1.165, 1.54) is 17.7 Å². The third kappa shape index (κ3) is 2.39. The van der Waals surface area contributed by atoms with Crippen LogP contribution in [0, 0.1) is 5.92 Å². The van der Waals surface area contributed by atoms with Crippen molar-refractivity contribution in [3.63, 3.8) is 0 Å². The number of nitrogen functional groups attached to an aromatic ring is 1. The van der Waals surface area contributed by atoms with Gasteiger partial charge in [-0.15, -0.1) is 11.3 Å². The predicted molar refractivity (Wildman–Crippen MR) is 77.2 cm³/mol. The molecule has 0 bridgehead atoms. The van der Waals surface area contributed by atoms with Crippen LogP contribution in [0.3, 0.4) is 0 Å². The molecule has 0 spiro atoms. The first-order valence-corrected chi connectivity index (χ1v) is 7.71. The second kappa shape index (κ2) is 4.96. The van der Waals surface area contributed by atoms with Gasteiger partial charge in [-0.1, -0.05) is 19.0 Å². The minimum Gasteiger partial charge on any atom is -0.390 e. The SMILES string of the molecule is CCc1cc(-c2nc(C3CCC(C)C3)no2)c(N)s1. The number of aromatic nitrogens is 2. The lowest BCUT2D eigenvalue weighted by atomic mass is 10.1. The summed E-state index contributed by atoms with van der Waals surface area (Å²) in [5, 5.41) is 4.92. The Morgan fingerprint density at radius 3 is 2.95 bits per heavy atom. The molecule has 2 unspecified atom stereocenters. The van der Waals surface area contributed by atoms with Crippen LogP contribution in [0.2, 0.25) is 0 Å². The zero-order valence-corrected chi connectivity index (χ0v) is 12.2. The fourth-order valence-electron chi connectivity index (χ4n) is 2.75. The second-order valence-corrected chi connectivity index (χ2v) is 6.59. The number of aryl methyl sites for hydroxylation is 1. The Kier molecular flexibility index (Phi) is 3.31. The highest BCUT2D eigenvalue weighted by Crippen LogP contribution is 2.38. The zero-order chi connectivity index (χ0) is 13.4. The van der Waals surface area contributed by atoms with Gasteiger partial charge in [-0.3, -0.25) is 0 Å². The molecule has 3 rings (SSSR count). The van der Waals surface area contributed by atoms with Crippen molar-refractivity contribution in [3.05, 3.63) is 16.8 Å². The Hall–Kier alpha value is -1.36. The number of hydrogen-bond donors (Lipinski definition) is 1. The quantitative estimate of drug-likeness (QED) is 0.925. The van der Waals surface area contributed by atoms with Crippen LogP contribution in [0.25, 0.3) is 11.5 Å². The number of rotatable bonds is 3. The predicted octanol–water partition coefficient (Wildman–Crippen LogP) is 3.85. The average Bonchev–Trinajstić information content (AvgIpc) is 3.07. The number of nitrogens with zero attached hydrogens (tertiary/aromatic N) is 2. The molecule has 1 aliphatic carbocycles. The molecule has 2 heterocycles. The molecule has 1 aliphatic rings. The van der Waals surface area contributed by atoms with Gasteiger partial charge in [0.1, 0.15) is 0 Å². The average molecular weight is 277 g/mol. The van der Waals surface area contributed by atoms with E-state index in [2.05, 4.69) is 30.1 Å². The Morgan fingerprint density at radius 1 is 1.47 bits per heavy atom. The summed E-state index contributed by atoms with van der Waals surface area (Å²) in [6.07, 6.45) is 4.57. The molecular formula is C14H19N3OS. The van der Waals surface area contributed by atoms with Crippen LogP contribution in [0.1, 0.15) is 49.7 Å². The van der Waals surface area contributed by atoms with Gasteiger partial charge in [0.25, 0.3) is 5.89 Å². The van der Waals surface area contributed by atoms with Crippen molar-refractivity contribution in [2.45, 2.75) is 45.4 Å². The third-order valence-electron chi connectivity index (χ3n) is 3.89. The van der Waals surface area contributed by atoms with E-state index in [1.54, 1.807) is 11.3 Å². The van der Waals surface area contributed by atoms with E-state index in [0.717, 1.165) is 35.1 Å². The monoisotopic (exact) mass is 277 g/mol. The molecule has 0 radical (unpaired) electrons. The van der Waals surface area contributed by atoms with Gasteiger partial charge in [-0.2, -0.15) is 4.98 Å². The largest absolute Gasteiger partial charge is 0.390 e. The van der Waals surface area contributed by atoms with Crippen molar-refractivity contribution in [3.8, 4) is 11.5 Å². The zero-order valence-electron chi connectivity index (χ0n) is 11.3. The van der Waals surface area contributed by atoms with E-state index in [1.807, 2.05) is 0 Å². The maximum atomic E-state index is 6.02. The minimum absolute atomic E-state index is 0.456.